The summed E-state index contributed by atoms with van der Waals surface area (Å²) in [6.45, 7) is 0. The van der Waals surface area contributed by atoms with Crippen LogP contribution in [0.1, 0.15) is 0 Å². The Bertz CT molecular complexity index is 13.5. The van der Waals surface area contributed by atoms with Gasteiger partial charge < -0.3 is 0 Å². The number of hydrogen-bond donors (Lipinski definition) is 0. The van der Waals surface area contributed by atoms with Gasteiger partial charge in [0.25, 0.3) is 0 Å². The number of rotatable bonds is 0. The van der Waals surface area contributed by atoms with Crippen LogP contribution in [0.25, 0.3) is 0 Å². The van der Waals surface area contributed by atoms with Crippen LogP contribution in [-0.2, 0) is 0 Å². The molecule has 1 unspecified atom stereocenters. The molecule has 0 aromatic rings. The zero-order chi connectivity index (χ0) is 3.58. The van der Waals surface area contributed by atoms with Crippen LogP contribution >= 0.6 is 49.6 Å². The molecule has 0 fully saturated rings. The van der Waals surface area contributed by atoms with E-state index in [1.54, 1.807) is 0 Å². The van der Waals surface area contributed by atoms with Gasteiger partial charge in [0.1, 0.15) is 0 Å². The minimum Gasteiger partial charge on any atom is -0.153 e. The Morgan fingerprint density at radius 3 is 1.00 bits per heavy atom. The highest BCUT2D eigenvalue weighted by atomic mass is 36.0. The summed E-state index contributed by atoms with van der Waals surface area (Å²) in [5.74, 6) is -1.20. The normalized spacial score (nSPS) is 6.00. The highest BCUT2D eigenvalue weighted by Crippen LogP contribution is 2.51. The smallest absolute Gasteiger partial charge is 0.153 e. The summed E-state index contributed by atoms with van der Waals surface area (Å²) in [6, 6.07) is 0. The summed E-state index contributed by atoms with van der Waals surface area (Å²) >= 11 is 14.6. The SMILES string of the molecule is ClP(Cl)Cl.P.[AlH3]. The van der Waals surface area contributed by atoms with Gasteiger partial charge in [-0.3, -0.25) is 0 Å². The summed E-state index contributed by atoms with van der Waals surface area (Å²) in [6.07, 6.45) is 0. The van der Waals surface area contributed by atoms with E-state index in [1.165, 1.54) is 0 Å². The van der Waals surface area contributed by atoms with Crippen LogP contribution in [0.2, 0.25) is 0 Å². The van der Waals surface area contributed by atoms with Crippen molar-refractivity contribution in [1.29, 1.82) is 0 Å². The van der Waals surface area contributed by atoms with E-state index in [0.29, 0.717) is 0 Å². The zero-order valence-electron chi connectivity index (χ0n) is 2.29. The number of hydrogen-bond acceptors (Lipinski definition) is 0. The lowest BCUT2D eigenvalue weighted by Crippen LogP contribution is -0.958. The molecule has 0 radical (unpaired) electrons. The molecule has 0 aliphatic rings. The van der Waals surface area contributed by atoms with Gasteiger partial charge in [-0.1, -0.05) is 33.7 Å². The molecule has 0 aromatic heterocycles. The molecular formula is H6AlCl3P2. The lowest BCUT2D eigenvalue weighted by atomic mass is 27.0. The van der Waals surface area contributed by atoms with Crippen molar-refractivity contribution in [1.82, 2.24) is 0 Å². The first-order valence-corrected chi connectivity index (χ1v) is 4.56. The van der Waals surface area contributed by atoms with Crippen molar-refractivity contribution >= 4 is 67.0 Å². The molecule has 0 heterocycles. The summed E-state index contributed by atoms with van der Waals surface area (Å²) in [4.78, 5) is 0. The van der Waals surface area contributed by atoms with Gasteiger partial charge >= 0.3 is 0 Å². The minimum atomic E-state index is -1.20. The van der Waals surface area contributed by atoms with E-state index >= 15 is 0 Å². The van der Waals surface area contributed by atoms with Gasteiger partial charge in [-0.05, 0) is 0 Å². The van der Waals surface area contributed by atoms with Crippen LogP contribution in [0.15, 0.2) is 0 Å². The maximum Gasteiger partial charge on any atom is 0.187 e. The third-order valence-electron chi connectivity index (χ3n) is 0. The Kier molecular flexibility index (Phi) is 27.0. The molecule has 0 aliphatic carbocycles. The van der Waals surface area contributed by atoms with Crippen LogP contribution < -0.4 is 0 Å². The van der Waals surface area contributed by atoms with E-state index in [2.05, 4.69) is 0 Å². The standard InChI is InChI=1S/Al.Cl3P.H3P.3H/c;1-4(2)3;;;;/h;;1H3;;;. The number of halogens is 3. The van der Waals surface area contributed by atoms with Crippen molar-refractivity contribution < 1.29 is 0 Å². The molecule has 0 amide bonds. The van der Waals surface area contributed by atoms with Crippen LogP contribution in [0.3, 0.4) is 0 Å². The predicted octanol–water partition coefficient (Wildman–Crippen LogP) is 1.80. The molecular weight excluding hydrogens is 195 g/mol. The monoisotopic (exact) mass is 200 g/mol. The van der Waals surface area contributed by atoms with Gasteiger partial charge in [-0.15, -0.1) is 0 Å². The lowest BCUT2D eigenvalue weighted by Gasteiger charge is -1.68. The summed E-state index contributed by atoms with van der Waals surface area (Å²) in [5, 5.41) is 0. The molecule has 0 N–H and O–H groups in total. The molecule has 0 bridgehead atoms. The van der Waals surface area contributed by atoms with Gasteiger partial charge in [0.15, 0.2) is 23.3 Å². The maximum atomic E-state index is 4.87. The van der Waals surface area contributed by atoms with E-state index in [0.717, 1.165) is 0 Å². The molecule has 1 atom stereocenters. The van der Waals surface area contributed by atoms with Crippen molar-refractivity contribution in [3.8, 4) is 0 Å². The molecule has 0 saturated heterocycles. The van der Waals surface area contributed by atoms with E-state index in [4.69, 9.17) is 33.7 Å². The van der Waals surface area contributed by atoms with Crippen molar-refractivity contribution in [2.45, 2.75) is 0 Å². The van der Waals surface area contributed by atoms with Crippen LogP contribution in [0.4, 0.5) is 0 Å². The second-order valence-electron chi connectivity index (χ2n) is 0.192. The molecule has 6 heteroatoms. The van der Waals surface area contributed by atoms with E-state index in [-0.39, 0.29) is 27.3 Å². The Labute approximate surface area is 66.8 Å². The molecule has 0 aliphatic heterocycles. The molecule has 0 aromatic carbocycles. The highest BCUT2D eigenvalue weighted by molar-refractivity contribution is 8.20. The Balaban J connectivity index is -0.0000000450. The van der Waals surface area contributed by atoms with Crippen molar-refractivity contribution in [2.24, 2.45) is 0 Å². The van der Waals surface area contributed by atoms with Crippen molar-refractivity contribution in [3.63, 3.8) is 0 Å². The first-order valence-electron chi connectivity index (χ1n) is 0.507. The maximum absolute atomic E-state index is 4.87. The summed E-state index contributed by atoms with van der Waals surface area (Å²) in [7, 11) is 0. The van der Waals surface area contributed by atoms with Crippen LogP contribution in [-0.4, -0.2) is 17.4 Å². The fraction of sp³-hybridized carbons (Fsp3) is 0. The second-order valence-corrected chi connectivity index (χ2v) is 5.17. The Morgan fingerprint density at radius 2 is 1.00 bits per heavy atom. The lowest BCUT2D eigenvalue weighted by molar-refractivity contribution is 4.58. The van der Waals surface area contributed by atoms with Gasteiger partial charge in [0, 0.05) is 0 Å². The Morgan fingerprint density at radius 1 is 1.00 bits per heavy atom. The quantitative estimate of drug-likeness (QED) is 0.414. The third-order valence-corrected chi connectivity index (χ3v) is 0. The van der Waals surface area contributed by atoms with E-state index in [9.17, 15) is 0 Å². The van der Waals surface area contributed by atoms with Crippen LogP contribution in [0.5, 0.6) is 0 Å². The molecule has 0 nitrogen and oxygen atoms in total. The van der Waals surface area contributed by atoms with E-state index in [1.807, 2.05) is 0 Å². The topological polar surface area (TPSA) is 0 Å². The van der Waals surface area contributed by atoms with Gasteiger partial charge in [0.05, 0.1) is 0 Å². The third kappa shape index (κ3) is 33.9. The van der Waals surface area contributed by atoms with E-state index < -0.39 is 5.98 Å². The fourth-order valence-electron chi connectivity index (χ4n) is 0. The second kappa shape index (κ2) is 10.3. The molecule has 0 spiro atoms. The molecule has 0 saturated carbocycles. The van der Waals surface area contributed by atoms with Crippen molar-refractivity contribution in [2.75, 3.05) is 0 Å². The largest absolute Gasteiger partial charge is 0.187 e. The molecule has 0 rings (SSSR count). The average Bonchev–Trinajstić information content (AvgIpc) is 0.811. The Hall–Kier alpha value is 2.26. The summed E-state index contributed by atoms with van der Waals surface area (Å²) < 4.78 is 0. The van der Waals surface area contributed by atoms with Gasteiger partial charge in [0.2, 0.25) is 0 Å². The molecule has 6 heavy (non-hydrogen) atoms. The first-order chi connectivity index (χ1) is 1.73. The predicted molar refractivity (Wildman–Crippen MR) is 45.5 cm³/mol. The minimum absolute atomic E-state index is 0. The highest BCUT2D eigenvalue weighted by Gasteiger charge is 1.80. The molecule has 40 valence electrons. The first kappa shape index (κ1) is 15.7. The average molecular weight is 201 g/mol. The van der Waals surface area contributed by atoms with Gasteiger partial charge in [-0.2, -0.15) is 9.90 Å². The van der Waals surface area contributed by atoms with Crippen molar-refractivity contribution in [3.05, 3.63) is 0 Å². The zero-order valence-corrected chi connectivity index (χ0v) is 6.86. The fourth-order valence-corrected chi connectivity index (χ4v) is 0. The van der Waals surface area contributed by atoms with Crippen LogP contribution in [0, 0.1) is 0 Å². The summed E-state index contributed by atoms with van der Waals surface area (Å²) in [5.41, 5.74) is 0. The van der Waals surface area contributed by atoms with Gasteiger partial charge in [-0.25, -0.2) is 0 Å².